The number of thioether (sulfide) groups is 1. The zero-order chi connectivity index (χ0) is 19.4. The van der Waals surface area contributed by atoms with Gasteiger partial charge in [-0.15, -0.1) is 11.8 Å². The number of alkyl halides is 3. The van der Waals surface area contributed by atoms with Crippen molar-refractivity contribution in [1.29, 1.82) is 0 Å². The van der Waals surface area contributed by atoms with Gasteiger partial charge in [0.25, 0.3) is 0 Å². The third kappa shape index (κ3) is 6.31. The van der Waals surface area contributed by atoms with Crippen molar-refractivity contribution in [1.82, 2.24) is 9.80 Å². The number of nitrogens with two attached hydrogens (primary N) is 1. The molecule has 2 N–H and O–H groups in total. The quantitative estimate of drug-likeness (QED) is 0.504. The summed E-state index contributed by atoms with van der Waals surface area (Å²) in [7, 11) is 0. The highest BCUT2D eigenvalue weighted by Gasteiger charge is 2.45. The highest BCUT2D eigenvalue weighted by atomic mass is 35.6. The van der Waals surface area contributed by atoms with E-state index in [1.54, 1.807) is 16.7 Å². The molecule has 150 valence electrons. The minimum absolute atomic E-state index is 0.152. The van der Waals surface area contributed by atoms with E-state index in [0.29, 0.717) is 12.6 Å². The molecule has 5 nitrogen and oxygen atoms in total. The van der Waals surface area contributed by atoms with Crippen LogP contribution in [0.1, 0.15) is 12.8 Å². The van der Waals surface area contributed by atoms with Gasteiger partial charge in [-0.3, -0.25) is 4.90 Å². The number of ether oxygens (including phenoxy) is 1. The lowest BCUT2D eigenvalue weighted by Gasteiger charge is -2.34. The number of carbonyl (C=O) groups is 1. The molecule has 2 aliphatic heterocycles. The molecule has 2 bridgehead atoms. The molecule has 9 heteroatoms. The summed E-state index contributed by atoms with van der Waals surface area (Å²) in [5.74, 6) is 0.904. The molecule has 2 fully saturated rings. The smallest absolute Gasteiger partial charge is 0.410 e. The van der Waals surface area contributed by atoms with Gasteiger partial charge >= 0.3 is 6.09 Å². The van der Waals surface area contributed by atoms with E-state index in [-0.39, 0.29) is 18.7 Å². The number of nitrogens with zero attached hydrogens (tertiary/aromatic N) is 2. The Morgan fingerprint density at radius 3 is 2.63 bits per heavy atom. The summed E-state index contributed by atoms with van der Waals surface area (Å²) in [6.45, 7) is 2.24. The van der Waals surface area contributed by atoms with Crippen LogP contribution in [0.5, 0.6) is 0 Å². The Balaban J connectivity index is 1.36. The second kappa shape index (κ2) is 9.42. The number of carbonyl (C=O) groups excluding carboxylic acids is 1. The summed E-state index contributed by atoms with van der Waals surface area (Å²) in [5, 5.41) is 0. The van der Waals surface area contributed by atoms with Gasteiger partial charge in [-0.1, -0.05) is 53.0 Å². The normalized spacial score (nSPS) is 23.6. The van der Waals surface area contributed by atoms with Crippen molar-refractivity contribution in [3.63, 3.8) is 0 Å². The number of piperazine rings is 1. The fourth-order valence-corrected chi connectivity index (χ4v) is 4.69. The Bertz CT molecular complexity index is 632. The van der Waals surface area contributed by atoms with E-state index in [0.717, 1.165) is 31.7 Å². The van der Waals surface area contributed by atoms with E-state index in [4.69, 9.17) is 45.3 Å². The van der Waals surface area contributed by atoms with Crippen LogP contribution in [0.2, 0.25) is 0 Å². The van der Waals surface area contributed by atoms with Gasteiger partial charge < -0.3 is 15.4 Å². The van der Waals surface area contributed by atoms with Gasteiger partial charge in [0.15, 0.2) is 0 Å². The molecule has 1 aromatic rings. The minimum atomic E-state index is -1.58. The summed E-state index contributed by atoms with van der Waals surface area (Å²) in [5.41, 5.74) is 6.28. The maximum absolute atomic E-state index is 12.2. The summed E-state index contributed by atoms with van der Waals surface area (Å²) < 4.78 is 3.53. The first-order valence-corrected chi connectivity index (χ1v) is 11.1. The minimum Gasteiger partial charge on any atom is -0.445 e. The second-order valence-electron chi connectivity index (χ2n) is 7.03. The van der Waals surface area contributed by atoms with E-state index < -0.39 is 9.89 Å². The maximum atomic E-state index is 12.2. The van der Waals surface area contributed by atoms with Gasteiger partial charge in [0.05, 0.1) is 0 Å². The monoisotopic (exact) mass is 451 g/mol. The van der Waals surface area contributed by atoms with Crippen LogP contribution in [-0.2, 0) is 4.74 Å². The van der Waals surface area contributed by atoms with Crippen LogP contribution in [0.15, 0.2) is 35.2 Å². The zero-order valence-electron chi connectivity index (χ0n) is 14.9. The van der Waals surface area contributed by atoms with Gasteiger partial charge in [-0.05, 0) is 25.0 Å². The predicted octanol–water partition coefficient (Wildman–Crippen LogP) is 3.76. The number of halogens is 3. The van der Waals surface area contributed by atoms with Gasteiger partial charge in [0.2, 0.25) is 3.79 Å². The van der Waals surface area contributed by atoms with Gasteiger partial charge in [-0.2, -0.15) is 0 Å². The predicted molar refractivity (Wildman–Crippen MR) is 112 cm³/mol. The summed E-state index contributed by atoms with van der Waals surface area (Å²) in [6.07, 6.45) is 1.52. The van der Waals surface area contributed by atoms with Crippen LogP contribution < -0.4 is 5.73 Å². The summed E-state index contributed by atoms with van der Waals surface area (Å²) in [4.78, 5) is 17.6. The summed E-state index contributed by atoms with van der Waals surface area (Å²) in [6, 6.07) is 11.0. The molecule has 0 aliphatic carbocycles. The van der Waals surface area contributed by atoms with Crippen molar-refractivity contribution < 1.29 is 9.53 Å². The molecule has 0 aromatic heterocycles. The molecule has 2 aliphatic rings. The Hall–Kier alpha value is -0.370. The fourth-order valence-electron chi connectivity index (χ4n) is 3.61. The first-order chi connectivity index (χ1) is 12.8. The third-order valence-corrected chi connectivity index (χ3v) is 6.47. The lowest BCUT2D eigenvalue weighted by Crippen LogP contribution is -2.50. The Morgan fingerprint density at radius 1 is 1.26 bits per heavy atom. The van der Waals surface area contributed by atoms with E-state index in [1.807, 2.05) is 18.2 Å². The van der Waals surface area contributed by atoms with Crippen LogP contribution in [0.25, 0.3) is 0 Å². The molecule has 0 unspecified atom stereocenters. The van der Waals surface area contributed by atoms with E-state index in [9.17, 15) is 4.79 Å². The number of rotatable bonds is 7. The third-order valence-electron chi connectivity index (χ3n) is 4.94. The number of amides is 1. The highest BCUT2D eigenvalue weighted by Crippen LogP contribution is 2.32. The number of likely N-dealkylation sites (tertiary alicyclic amines) is 2. The molecule has 3 atom stereocenters. The topological polar surface area (TPSA) is 58.8 Å². The molecule has 0 radical (unpaired) electrons. The van der Waals surface area contributed by atoms with Crippen LogP contribution in [-0.4, -0.2) is 69.8 Å². The molecule has 3 rings (SSSR count). The van der Waals surface area contributed by atoms with E-state index >= 15 is 0 Å². The highest BCUT2D eigenvalue weighted by molar-refractivity contribution is 7.99. The fraction of sp³-hybridized carbons (Fsp3) is 0.611. The second-order valence-corrected chi connectivity index (χ2v) is 10.6. The molecule has 1 aromatic carbocycles. The van der Waals surface area contributed by atoms with Crippen LogP contribution in [0, 0.1) is 0 Å². The lowest BCUT2D eigenvalue weighted by molar-refractivity contribution is 0.0747. The van der Waals surface area contributed by atoms with Crippen LogP contribution >= 0.6 is 46.6 Å². The van der Waals surface area contributed by atoms with Crippen molar-refractivity contribution in [2.75, 3.05) is 32.0 Å². The van der Waals surface area contributed by atoms with Crippen molar-refractivity contribution in [3.05, 3.63) is 30.3 Å². The largest absolute Gasteiger partial charge is 0.445 e. The van der Waals surface area contributed by atoms with Gasteiger partial charge in [-0.25, -0.2) is 4.79 Å². The average Bonchev–Trinajstić information content (AvgIpc) is 3.23. The molecular weight excluding hydrogens is 429 g/mol. The number of benzene rings is 1. The number of fused-ring (bicyclic) bond motifs is 2. The van der Waals surface area contributed by atoms with Crippen LogP contribution in [0.3, 0.4) is 0 Å². The van der Waals surface area contributed by atoms with Crippen molar-refractivity contribution in [3.8, 4) is 0 Å². The first kappa shape index (κ1) is 21.3. The summed E-state index contributed by atoms with van der Waals surface area (Å²) >= 11 is 18.7. The van der Waals surface area contributed by atoms with Crippen LogP contribution in [0.4, 0.5) is 4.79 Å². The molecule has 2 saturated heterocycles. The molecule has 27 heavy (non-hydrogen) atoms. The molecule has 2 heterocycles. The maximum Gasteiger partial charge on any atom is 0.410 e. The Kier molecular flexibility index (Phi) is 7.44. The van der Waals surface area contributed by atoms with Crippen molar-refractivity contribution in [2.45, 2.75) is 39.7 Å². The Labute approximate surface area is 179 Å². The SMILES string of the molecule is N[C@H](CCN1C[C@H]2C[C@@H]1CN2C(=O)OCC(Cl)(Cl)Cl)CSc1ccccc1. The molecular formula is C18H24Cl3N3O2S. The molecule has 0 spiro atoms. The first-order valence-electron chi connectivity index (χ1n) is 8.99. The lowest BCUT2D eigenvalue weighted by atomic mass is 10.2. The number of hydrogen-bond donors (Lipinski definition) is 1. The Morgan fingerprint density at radius 2 is 2.00 bits per heavy atom. The number of hydrogen-bond acceptors (Lipinski definition) is 5. The molecule has 0 saturated carbocycles. The van der Waals surface area contributed by atoms with Gasteiger partial charge in [0, 0.05) is 48.4 Å². The molecule has 1 amide bonds. The van der Waals surface area contributed by atoms with E-state index in [2.05, 4.69) is 17.0 Å². The van der Waals surface area contributed by atoms with Gasteiger partial charge in [0.1, 0.15) is 6.61 Å². The zero-order valence-corrected chi connectivity index (χ0v) is 18.0. The van der Waals surface area contributed by atoms with E-state index in [1.165, 1.54) is 4.90 Å². The average molecular weight is 453 g/mol. The van der Waals surface area contributed by atoms with Crippen molar-refractivity contribution in [2.24, 2.45) is 5.73 Å². The standard InChI is InChI=1S/C18H24Cl3N3O2S/c19-18(20,21)12-26-17(25)24-10-14-8-15(24)9-23(14)7-6-13(22)11-27-16-4-2-1-3-5-16/h1-5,13-15H,6-12,22H2/t13-,14-,15-/m1/s1. The van der Waals surface area contributed by atoms with Crippen molar-refractivity contribution >= 4 is 52.7 Å².